The van der Waals surface area contributed by atoms with E-state index >= 15 is 0 Å². The molecule has 0 spiro atoms. The number of nitrogens with zero attached hydrogens (tertiary/aromatic N) is 1. The van der Waals surface area contributed by atoms with Crippen LogP contribution in [-0.2, 0) is 9.47 Å². The number of nitrogens with one attached hydrogen (secondary N) is 1. The number of methoxy groups -OCH3 is 1. The van der Waals surface area contributed by atoms with Crippen LogP contribution < -0.4 is 10.2 Å². The normalized spacial score (nSPS) is 13.8. The van der Waals surface area contributed by atoms with Gasteiger partial charge in [-0.3, -0.25) is 0 Å². The van der Waals surface area contributed by atoms with E-state index in [2.05, 4.69) is 5.32 Å². The number of ether oxygens (including phenoxy) is 2. The van der Waals surface area contributed by atoms with Crippen molar-refractivity contribution >= 4 is 11.4 Å². The summed E-state index contributed by atoms with van der Waals surface area (Å²) in [5, 5.41) is 13.1. The lowest BCUT2D eigenvalue weighted by Crippen LogP contribution is -2.28. The summed E-state index contributed by atoms with van der Waals surface area (Å²) in [4.78, 5) is 2.04. The highest BCUT2D eigenvalue weighted by molar-refractivity contribution is 5.57. The highest BCUT2D eigenvalue weighted by atomic mass is 16.5. The second-order valence-corrected chi connectivity index (χ2v) is 5.08. The summed E-state index contributed by atoms with van der Waals surface area (Å²) in [6.07, 6.45) is -0.552. The van der Waals surface area contributed by atoms with E-state index in [1.54, 1.807) is 7.11 Å². The maximum atomic E-state index is 9.87. The van der Waals surface area contributed by atoms with E-state index in [4.69, 9.17) is 9.47 Å². The Morgan fingerprint density at radius 1 is 1.30 bits per heavy atom. The zero-order chi connectivity index (χ0) is 15.0. The predicted octanol–water partition coefficient (Wildman–Crippen LogP) is 1.58. The molecule has 1 aromatic rings. The van der Waals surface area contributed by atoms with Crippen LogP contribution in [0.3, 0.4) is 0 Å². The van der Waals surface area contributed by atoms with E-state index < -0.39 is 6.10 Å². The van der Waals surface area contributed by atoms with Crippen LogP contribution in [0.15, 0.2) is 24.3 Å². The van der Waals surface area contributed by atoms with E-state index in [1.807, 2.05) is 50.2 Å². The third-order valence-corrected chi connectivity index (χ3v) is 2.88. The second-order valence-electron chi connectivity index (χ2n) is 5.08. The molecule has 0 aliphatic carbocycles. The molecule has 0 radical (unpaired) electrons. The minimum Gasteiger partial charge on any atom is -0.389 e. The molecule has 0 heterocycles. The third kappa shape index (κ3) is 6.23. The Morgan fingerprint density at radius 2 is 2.05 bits per heavy atom. The van der Waals surface area contributed by atoms with Crippen molar-refractivity contribution in [3.63, 3.8) is 0 Å². The summed E-state index contributed by atoms with van der Waals surface area (Å²) in [5.41, 5.74) is 2.11. The van der Waals surface area contributed by atoms with Crippen molar-refractivity contribution in [3.05, 3.63) is 24.3 Å². The smallest absolute Gasteiger partial charge is 0.0945 e. The van der Waals surface area contributed by atoms with E-state index in [9.17, 15) is 5.11 Å². The number of aliphatic hydroxyl groups is 1. The molecule has 1 aromatic carbocycles. The zero-order valence-corrected chi connectivity index (χ0v) is 12.8. The number of anilines is 2. The molecular weight excluding hydrogens is 256 g/mol. The maximum absolute atomic E-state index is 9.87. The van der Waals surface area contributed by atoms with Crippen molar-refractivity contribution in [2.24, 2.45) is 0 Å². The Balaban J connectivity index is 2.33. The first-order valence-electron chi connectivity index (χ1n) is 6.82. The molecule has 0 bridgehead atoms. The van der Waals surface area contributed by atoms with Crippen LogP contribution in [0.5, 0.6) is 0 Å². The molecule has 2 unspecified atom stereocenters. The molecule has 0 saturated heterocycles. The monoisotopic (exact) mass is 282 g/mol. The molecule has 0 amide bonds. The topological polar surface area (TPSA) is 54.0 Å². The zero-order valence-electron chi connectivity index (χ0n) is 12.8. The number of rotatable bonds is 9. The minimum absolute atomic E-state index is 0.00767. The molecule has 0 aliphatic heterocycles. The Labute approximate surface area is 121 Å². The largest absolute Gasteiger partial charge is 0.389 e. The molecular formula is C15H26N2O3. The highest BCUT2D eigenvalue weighted by Gasteiger charge is 2.08. The number of benzene rings is 1. The molecule has 114 valence electrons. The molecule has 0 aliphatic rings. The molecule has 2 atom stereocenters. The van der Waals surface area contributed by atoms with Crippen LogP contribution in [-0.4, -0.2) is 58.3 Å². The highest BCUT2D eigenvalue weighted by Crippen LogP contribution is 2.17. The average Bonchev–Trinajstić information content (AvgIpc) is 2.43. The fourth-order valence-electron chi connectivity index (χ4n) is 1.75. The van der Waals surface area contributed by atoms with E-state index in [-0.39, 0.29) is 6.10 Å². The van der Waals surface area contributed by atoms with Crippen molar-refractivity contribution in [1.29, 1.82) is 0 Å². The second kappa shape index (κ2) is 8.79. The molecule has 5 heteroatoms. The molecule has 0 fully saturated rings. The van der Waals surface area contributed by atoms with Gasteiger partial charge in [0, 0.05) is 39.1 Å². The summed E-state index contributed by atoms with van der Waals surface area (Å²) < 4.78 is 10.4. The van der Waals surface area contributed by atoms with Gasteiger partial charge >= 0.3 is 0 Å². The van der Waals surface area contributed by atoms with Crippen LogP contribution in [0, 0.1) is 0 Å². The number of hydrogen-bond donors (Lipinski definition) is 2. The maximum Gasteiger partial charge on any atom is 0.0945 e. The van der Waals surface area contributed by atoms with Crippen molar-refractivity contribution < 1.29 is 14.6 Å². The predicted molar refractivity (Wildman–Crippen MR) is 82.6 cm³/mol. The summed E-state index contributed by atoms with van der Waals surface area (Å²) in [7, 11) is 5.63. The van der Waals surface area contributed by atoms with Crippen molar-refractivity contribution in [1.82, 2.24) is 0 Å². The molecule has 2 N–H and O–H groups in total. The van der Waals surface area contributed by atoms with Gasteiger partial charge in [-0.25, -0.2) is 0 Å². The van der Waals surface area contributed by atoms with E-state index in [0.717, 1.165) is 11.4 Å². The van der Waals surface area contributed by atoms with Crippen LogP contribution >= 0.6 is 0 Å². The summed E-state index contributed by atoms with van der Waals surface area (Å²) in [6, 6.07) is 8.05. The third-order valence-electron chi connectivity index (χ3n) is 2.88. The van der Waals surface area contributed by atoms with Gasteiger partial charge in [0.05, 0.1) is 25.4 Å². The van der Waals surface area contributed by atoms with Gasteiger partial charge in [0.25, 0.3) is 0 Å². The Kier molecular flexibility index (Phi) is 7.36. The first kappa shape index (κ1) is 16.8. The van der Waals surface area contributed by atoms with Gasteiger partial charge in [0.1, 0.15) is 0 Å². The number of hydrogen-bond acceptors (Lipinski definition) is 5. The van der Waals surface area contributed by atoms with Crippen LogP contribution in [0.1, 0.15) is 6.92 Å². The lowest BCUT2D eigenvalue weighted by atomic mass is 10.2. The lowest BCUT2D eigenvalue weighted by Gasteiger charge is -2.18. The fraction of sp³-hybridized carbons (Fsp3) is 0.600. The van der Waals surface area contributed by atoms with Gasteiger partial charge in [-0.2, -0.15) is 0 Å². The van der Waals surface area contributed by atoms with Gasteiger partial charge in [0.2, 0.25) is 0 Å². The molecule has 0 aromatic heterocycles. The van der Waals surface area contributed by atoms with Crippen LogP contribution in [0.4, 0.5) is 11.4 Å². The van der Waals surface area contributed by atoms with Gasteiger partial charge in [0.15, 0.2) is 0 Å². The van der Waals surface area contributed by atoms with Crippen LogP contribution in [0.25, 0.3) is 0 Å². The summed E-state index contributed by atoms with van der Waals surface area (Å²) in [5.74, 6) is 0. The quantitative estimate of drug-likeness (QED) is 0.720. The van der Waals surface area contributed by atoms with Crippen LogP contribution in [0.2, 0.25) is 0 Å². The van der Waals surface area contributed by atoms with Gasteiger partial charge in [-0.05, 0) is 25.1 Å². The van der Waals surface area contributed by atoms with Crippen molar-refractivity contribution in [3.8, 4) is 0 Å². The molecule has 5 nitrogen and oxygen atoms in total. The standard InChI is InChI=1S/C15H26N2O3/c1-12(10-19-4)20-11-15(18)9-16-13-6-5-7-14(8-13)17(2)3/h5-8,12,15-16,18H,9-11H2,1-4H3. The lowest BCUT2D eigenvalue weighted by molar-refractivity contribution is -0.0282. The number of aliphatic hydroxyl groups excluding tert-OH is 1. The SMILES string of the molecule is COCC(C)OCC(O)CNc1cccc(N(C)C)c1. The van der Waals surface area contributed by atoms with Crippen molar-refractivity contribution in [2.75, 3.05) is 51.2 Å². The Hall–Kier alpha value is -1.30. The first-order valence-corrected chi connectivity index (χ1v) is 6.82. The summed E-state index contributed by atoms with van der Waals surface area (Å²) >= 11 is 0. The summed E-state index contributed by atoms with van der Waals surface area (Å²) in [6.45, 7) is 3.21. The molecule has 1 rings (SSSR count). The van der Waals surface area contributed by atoms with Gasteiger partial charge < -0.3 is 24.8 Å². The molecule has 0 saturated carbocycles. The van der Waals surface area contributed by atoms with E-state index in [0.29, 0.717) is 19.8 Å². The fourth-order valence-corrected chi connectivity index (χ4v) is 1.75. The Morgan fingerprint density at radius 3 is 2.70 bits per heavy atom. The van der Waals surface area contributed by atoms with E-state index in [1.165, 1.54) is 0 Å². The average molecular weight is 282 g/mol. The van der Waals surface area contributed by atoms with Gasteiger partial charge in [-0.15, -0.1) is 0 Å². The minimum atomic E-state index is -0.544. The Bertz CT molecular complexity index is 385. The first-order chi connectivity index (χ1) is 9.52. The van der Waals surface area contributed by atoms with Crippen molar-refractivity contribution in [2.45, 2.75) is 19.1 Å². The molecule has 20 heavy (non-hydrogen) atoms. The van der Waals surface area contributed by atoms with Gasteiger partial charge in [-0.1, -0.05) is 6.07 Å².